The van der Waals surface area contributed by atoms with Crippen molar-refractivity contribution in [1.82, 2.24) is 0 Å². The molecule has 1 aromatic carbocycles. The Balaban J connectivity index is 2.00. The van der Waals surface area contributed by atoms with E-state index < -0.39 is 11.6 Å². The first-order chi connectivity index (χ1) is 9.45. The number of allylic oxidation sites excluding steroid dienone is 1. The summed E-state index contributed by atoms with van der Waals surface area (Å²) in [5.41, 5.74) is 0.370. The molecular formula is C15H13F2NO2. The molecule has 3 nitrogen and oxygen atoms in total. The van der Waals surface area contributed by atoms with Crippen molar-refractivity contribution in [2.45, 2.75) is 13.3 Å². The molecule has 0 atom stereocenters. The summed E-state index contributed by atoms with van der Waals surface area (Å²) in [6.07, 6.45) is -0.0379. The molecule has 1 N–H and O–H groups in total. The van der Waals surface area contributed by atoms with Crippen LogP contribution in [-0.4, -0.2) is 5.78 Å². The van der Waals surface area contributed by atoms with Gasteiger partial charge in [-0.3, -0.25) is 4.79 Å². The highest BCUT2D eigenvalue weighted by Crippen LogP contribution is 2.19. The number of hydrogen-bond acceptors (Lipinski definition) is 3. The smallest absolute Gasteiger partial charge is 0.203 e. The van der Waals surface area contributed by atoms with E-state index in [1.54, 1.807) is 19.1 Å². The van der Waals surface area contributed by atoms with Crippen LogP contribution in [0.5, 0.6) is 0 Å². The maximum atomic E-state index is 13.4. The highest BCUT2D eigenvalue weighted by molar-refractivity contribution is 5.95. The summed E-state index contributed by atoms with van der Waals surface area (Å²) in [5.74, 6) is -0.812. The fourth-order valence-corrected chi connectivity index (χ4v) is 1.69. The first-order valence-electron chi connectivity index (χ1n) is 5.95. The number of nitrogens with one attached hydrogen (secondary N) is 1. The number of ketones is 1. The Morgan fingerprint density at radius 2 is 2.05 bits per heavy atom. The zero-order valence-electron chi connectivity index (χ0n) is 10.9. The third-order valence-electron chi connectivity index (χ3n) is 2.63. The monoisotopic (exact) mass is 277 g/mol. The van der Waals surface area contributed by atoms with Gasteiger partial charge in [0.15, 0.2) is 5.76 Å². The van der Waals surface area contributed by atoms with Gasteiger partial charge in [-0.25, -0.2) is 8.78 Å². The summed E-state index contributed by atoms with van der Waals surface area (Å²) >= 11 is 0. The molecule has 0 aliphatic rings. The molecule has 1 aromatic heterocycles. The lowest BCUT2D eigenvalue weighted by Gasteiger charge is -2.09. The third kappa shape index (κ3) is 3.32. The number of carbonyl (C=O) groups is 1. The van der Waals surface area contributed by atoms with Gasteiger partial charge in [0.05, 0.1) is 12.1 Å². The average molecular weight is 277 g/mol. The SMILES string of the molecule is C=C(CC(=O)c1ccc(C)o1)Nc1ccc(F)cc1F. The van der Waals surface area contributed by atoms with Crippen LogP contribution in [0.15, 0.2) is 47.0 Å². The number of rotatable bonds is 5. The van der Waals surface area contributed by atoms with Crippen LogP contribution in [0.4, 0.5) is 14.5 Å². The molecule has 0 bridgehead atoms. The summed E-state index contributed by atoms with van der Waals surface area (Å²) < 4.78 is 31.4. The van der Waals surface area contributed by atoms with Crippen LogP contribution in [0.1, 0.15) is 22.7 Å². The van der Waals surface area contributed by atoms with Crippen molar-refractivity contribution in [3.8, 4) is 0 Å². The molecule has 0 radical (unpaired) electrons. The van der Waals surface area contributed by atoms with Gasteiger partial charge in [-0.1, -0.05) is 6.58 Å². The van der Waals surface area contributed by atoms with Crippen LogP contribution in [0.3, 0.4) is 0 Å². The summed E-state index contributed by atoms with van der Waals surface area (Å²) in [6.45, 7) is 5.39. The zero-order valence-corrected chi connectivity index (χ0v) is 10.9. The van der Waals surface area contributed by atoms with Gasteiger partial charge in [-0.15, -0.1) is 0 Å². The topological polar surface area (TPSA) is 42.2 Å². The highest BCUT2D eigenvalue weighted by Gasteiger charge is 2.13. The van der Waals surface area contributed by atoms with E-state index in [-0.39, 0.29) is 23.7 Å². The summed E-state index contributed by atoms with van der Waals surface area (Å²) in [5, 5.41) is 2.65. The van der Waals surface area contributed by atoms with Crippen LogP contribution < -0.4 is 5.32 Å². The Bertz CT molecular complexity index is 662. The fourth-order valence-electron chi connectivity index (χ4n) is 1.69. The van der Waals surface area contributed by atoms with Crippen molar-refractivity contribution in [2.75, 3.05) is 5.32 Å². The molecule has 0 spiro atoms. The molecule has 0 fully saturated rings. The van der Waals surface area contributed by atoms with Gasteiger partial charge in [0, 0.05) is 11.8 Å². The molecule has 2 aromatic rings. The Kier molecular flexibility index (Phi) is 3.98. The number of benzene rings is 1. The molecule has 5 heteroatoms. The van der Waals surface area contributed by atoms with Crippen LogP contribution >= 0.6 is 0 Å². The van der Waals surface area contributed by atoms with E-state index in [0.717, 1.165) is 12.1 Å². The Labute approximate surface area is 114 Å². The number of hydrogen-bond donors (Lipinski definition) is 1. The summed E-state index contributed by atoms with van der Waals surface area (Å²) in [6, 6.07) is 6.38. The van der Waals surface area contributed by atoms with E-state index in [2.05, 4.69) is 11.9 Å². The van der Waals surface area contributed by atoms with E-state index in [1.165, 1.54) is 6.07 Å². The molecule has 1 heterocycles. The quantitative estimate of drug-likeness (QED) is 0.838. The molecule has 0 aliphatic heterocycles. The third-order valence-corrected chi connectivity index (χ3v) is 2.63. The Hall–Kier alpha value is -2.43. The lowest BCUT2D eigenvalue weighted by Crippen LogP contribution is -2.06. The van der Waals surface area contributed by atoms with E-state index in [0.29, 0.717) is 11.5 Å². The second-order valence-electron chi connectivity index (χ2n) is 4.36. The van der Waals surface area contributed by atoms with Crippen LogP contribution in [0, 0.1) is 18.6 Å². The van der Waals surface area contributed by atoms with Crippen molar-refractivity contribution in [1.29, 1.82) is 0 Å². The minimum Gasteiger partial charge on any atom is -0.458 e. The van der Waals surface area contributed by atoms with Gasteiger partial charge >= 0.3 is 0 Å². The molecular weight excluding hydrogens is 264 g/mol. The molecule has 2 rings (SSSR count). The van der Waals surface area contributed by atoms with Crippen molar-refractivity contribution >= 4 is 11.5 Å². The largest absolute Gasteiger partial charge is 0.458 e. The van der Waals surface area contributed by atoms with Gasteiger partial charge in [-0.05, 0) is 31.2 Å². The average Bonchev–Trinajstić information content (AvgIpc) is 2.79. The molecule has 0 saturated heterocycles. The van der Waals surface area contributed by atoms with E-state index >= 15 is 0 Å². The standard InChI is InChI=1S/C15H13F2NO2/c1-9(7-14(19)15-6-3-10(2)20-15)18-13-5-4-11(16)8-12(13)17/h3-6,8,18H,1,7H2,2H3. The minimum absolute atomic E-state index is 0.0379. The number of aryl methyl sites for hydroxylation is 1. The second kappa shape index (κ2) is 5.69. The number of carbonyl (C=O) groups excluding carboxylic acids is 1. The van der Waals surface area contributed by atoms with Gasteiger partial charge in [0.1, 0.15) is 17.4 Å². The van der Waals surface area contributed by atoms with Crippen molar-refractivity contribution in [2.24, 2.45) is 0 Å². The Morgan fingerprint density at radius 3 is 2.65 bits per heavy atom. The highest BCUT2D eigenvalue weighted by atomic mass is 19.1. The normalized spacial score (nSPS) is 10.3. The maximum Gasteiger partial charge on any atom is 0.203 e. The van der Waals surface area contributed by atoms with Gasteiger partial charge in [-0.2, -0.15) is 0 Å². The zero-order chi connectivity index (χ0) is 14.7. The minimum atomic E-state index is -0.743. The second-order valence-corrected chi connectivity index (χ2v) is 4.36. The first kappa shape index (κ1) is 14.0. The van der Waals surface area contributed by atoms with E-state index in [9.17, 15) is 13.6 Å². The van der Waals surface area contributed by atoms with Crippen molar-refractivity contribution in [3.63, 3.8) is 0 Å². The number of anilines is 1. The molecule has 0 aliphatic carbocycles. The predicted octanol–water partition coefficient (Wildman–Crippen LogP) is 4.06. The number of halogens is 2. The molecule has 0 unspecified atom stereocenters. The summed E-state index contributed by atoms with van der Waals surface area (Å²) in [7, 11) is 0. The van der Waals surface area contributed by atoms with Crippen LogP contribution in [0.25, 0.3) is 0 Å². The van der Waals surface area contributed by atoms with Gasteiger partial charge in [0.2, 0.25) is 5.78 Å². The predicted molar refractivity (Wildman–Crippen MR) is 71.5 cm³/mol. The van der Waals surface area contributed by atoms with Crippen molar-refractivity contribution < 1.29 is 18.0 Å². The summed E-state index contributed by atoms with van der Waals surface area (Å²) in [4.78, 5) is 11.8. The van der Waals surface area contributed by atoms with Crippen LogP contribution in [-0.2, 0) is 0 Å². The maximum absolute atomic E-state index is 13.4. The van der Waals surface area contributed by atoms with Crippen LogP contribution in [0.2, 0.25) is 0 Å². The van der Waals surface area contributed by atoms with E-state index in [1.807, 2.05) is 0 Å². The molecule has 104 valence electrons. The molecule has 0 saturated carbocycles. The Morgan fingerprint density at radius 1 is 1.30 bits per heavy atom. The number of furan rings is 1. The van der Waals surface area contributed by atoms with Gasteiger partial charge in [0.25, 0.3) is 0 Å². The molecule has 0 amide bonds. The lowest BCUT2D eigenvalue weighted by molar-refractivity contribution is 0.0965. The van der Waals surface area contributed by atoms with E-state index in [4.69, 9.17) is 4.42 Å². The molecule has 20 heavy (non-hydrogen) atoms. The van der Waals surface area contributed by atoms with Crippen molar-refractivity contribution in [3.05, 3.63) is 65.8 Å². The lowest BCUT2D eigenvalue weighted by atomic mass is 10.2. The van der Waals surface area contributed by atoms with Gasteiger partial charge < -0.3 is 9.73 Å². The fraction of sp³-hybridized carbons (Fsp3) is 0.133. The first-order valence-corrected chi connectivity index (χ1v) is 5.95. The number of Topliss-reactive ketones (excluding diaryl/α,β-unsaturated/α-hetero) is 1.